The van der Waals surface area contributed by atoms with Crippen LogP contribution in [0.15, 0.2) is 0 Å². The van der Waals surface area contributed by atoms with Crippen LogP contribution in [-0.4, -0.2) is 29.1 Å². The first-order chi connectivity index (χ1) is 7.54. The van der Waals surface area contributed by atoms with Gasteiger partial charge in [-0.1, -0.05) is 6.92 Å². The number of carbonyl (C=O) groups is 2. The number of rotatable bonds is 4. The van der Waals surface area contributed by atoms with Gasteiger partial charge in [-0.25, -0.2) is 0 Å². The second-order valence-electron chi connectivity index (χ2n) is 4.41. The van der Waals surface area contributed by atoms with Gasteiger partial charge >= 0.3 is 5.97 Å². The van der Waals surface area contributed by atoms with Gasteiger partial charge in [-0.05, 0) is 32.1 Å². The van der Waals surface area contributed by atoms with Crippen LogP contribution in [0, 0.1) is 5.92 Å². The summed E-state index contributed by atoms with van der Waals surface area (Å²) in [5.41, 5.74) is 5.60. The molecular formula is C11H20N2O3. The first kappa shape index (κ1) is 13.0. The maximum Gasteiger partial charge on any atom is 0.306 e. The van der Waals surface area contributed by atoms with Gasteiger partial charge in [0.1, 0.15) is 0 Å². The third kappa shape index (κ3) is 3.48. The van der Waals surface area contributed by atoms with Gasteiger partial charge in [0.2, 0.25) is 5.91 Å². The maximum atomic E-state index is 11.5. The van der Waals surface area contributed by atoms with Crippen molar-refractivity contribution in [2.75, 3.05) is 0 Å². The van der Waals surface area contributed by atoms with Crippen LogP contribution in [0.25, 0.3) is 0 Å². The van der Waals surface area contributed by atoms with Crippen LogP contribution in [0.5, 0.6) is 0 Å². The fraction of sp³-hybridized carbons (Fsp3) is 0.818. The van der Waals surface area contributed by atoms with Crippen LogP contribution in [-0.2, 0) is 9.59 Å². The Bertz CT molecular complexity index is 260. The molecule has 1 aliphatic rings. The largest absolute Gasteiger partial charge is 0.481 e. The van der Waals surface area contributed by atoms with Crippen LogP contribution in [0.2, 0.25) is 0 Å². The van der Waals surface area contributed by atoms with E-state index in [-0.39, 0.29) is 17.9 Å². The van der Waals surface area contributed by atoms with Crippen molar-refractivity contribution in [1.29, 1.82) is 0 Å². The van der Waals surface area contributed by atoms with Gasteiger partial charge in [0.25, 0.3) is 0 Å². The quantitative estimate of drug-likeness (QED) is 0.652. The van der Waals surface area contributed by atoms with Gasteiger partial charge in [0, 0.05) is 6.04 Å². The summed E-state index contributed by atoms with van der Waals surface area (Å²) in [4.78, 5) is 22.2. The third-order valence-corrected chi connectivity index (χ3v) is 3.20. The molecule has 0 aliphatic heterocycles. The molecule has 0 heterocycles. The predicted octanol–water partition coefficient (Wildman–Crippen LogP) is 0.483. The van der Waals surface area contributed by atoms with Crippen molar-refractivity contribution in [2.45, 2.75) is 51.1 Å². The Balaban J connectivity index is 2.32. The van der Waals surface area contributed by atoms with Gasteiger partial charge in [-0.15, -0.1) is 0 Å². The van der Waals surface area contributed by atoms with E-state index in [2.05, 4.69) is 5.32 Å². The van der Waals surface area contributed by atoms with Crippen molar-refractivity contribution < 1.29 is 14.7 Å². The van der Waals surface area contributed by atoms with Crippen LogP contribution in [0.4, 0.5) is 0 Å². The molecule has 1 saturated carbocycles. The summed E-state index contributed by atoms with van der Waals surface area (Å²) in [5.74, 6) is -1.09. The summed E-state index contributed by atoms with van der Waals surface area (Å²) in [6, 6.07) is -0.349. The molecule has 4 N–H and O–H groups in total. The van der Waals surface area contributed by atoms with E-state index in [1.165, 1.54) is 0 Å². The Morgan fingerprint density at radius 2 is 1.94 bits per heavy atom. The Morgan fingerprint density at radius 3 is 2.38 bits per heavy atom. The second kappa shape index (κ2) is 5.84. The molecule has 0 unspecified atom stereocenters. The zero-order chi connectivity index (χ0) is 12.1. The lowest BCUT2D eigenvalue weighted by Crippen LogP contribution is -2.46. The average molecular weight is 228 g/mol. The summed E-state index contributed by atoms with van der Waals surface area (Å²) in [6.07, 6.45) is 3.37. The molecule has 1 atom stereocenters. The molecule has 0 aromatic carbocycles. The number of aliphatic carboxylic acids is 1. The maximum absolute atomic E-state index is 11.5. The molecule has 0 spiro atoms. The van der Waals surface area contributed by atoms with E-state index in [4.69, 9.17) is 10.8 Å². The molecule has 1 rings (SSSR count). The van der Waals surface area contributed by atoms with E-state index in [9.17, 15) is 9.59 Å². The molecule has 1 amide bonds. The molecule has 0 saturated heterocycles. The minimum Gasteiger partial charge on any atom is -0.481 e. The van der Waals surface area contributed by atoms with Crippen molar-refractivity contribution in [3.05, 3.63) is 0 Å². The smallest absolute Gasteiger partial charge is 0.306 e. The highest BCUT2D eigenvalue weighted by Crippen LogP contribution is 2.24. The molecule has 0 bridgehead atoms. The number of hydrogen-bond acceptors (Lipinski definition) is 3. The average Bonchev–Trinajstić information content (AvgIpc) is 2.28. The number of nitrogens with one attached hydrogen (secondary N) is 1. The number of amides is 1. The van der Waals surface area contributed by atoms with Crippen LogP contribution >= 0.6 is 0 Å². The fourth-order valence-electron chi connectivity index (χ4n) is 1.98. The summed E-state index contributed by atoms with van der Waals surface area (Å²) >= 11 is 0. The standard InChI is InChI=1S/C11H20N2O3/c1-2-9(12)10(14)13-8-5-3-7(4-6-8)11(15)16/h7-9H,2-6,12H2,1H3,(H,13,14)(H,15,16)/t7?,8?,9-/m0/s1. The van der Waals surface area contributed by atoms with Crippen LogP contribution < -0.4 is 11.1 Å². The first-order valence-electron chi connectivity index (χ1n) is 5.83. The summed E-state index contributed by atoms with van der Waals surface area (Å²) in [6.45, 7) is 1.87. The first-order valence-corrected chi connectivity index (χ1v) is 5.83. The molecule has 1 fully saturated rings. The molecule has 5 nitrogen and oxygen atoms in total. The highest BCUT2D eigenvalue weighted by molar-refractivity contribution is 5.81. The van der Waals surface area contributed by atoms with Gasteiger partial charge in [0.15, 0.2) is 0 Å². The molecule has 92 valence electrons. The number of nitrogens with two attached hydrogens (primary N) is 1. The number of carboxylic acid groups (broad SMARTS) is 1. The van der Waals surface area contributed by atoms with Crippen molar-refractivity contribution in [3.63, 3.8) is 0 Å². The van der Waals surface area contributed by atoms with Gasteiger partial charge in [-0.3, -0.25) is 9.59 Å². The molecular weight excluding hydrogens is 208 g/mol. The third-order valence-electron chi connectivity index (χ3n) is 3.20. The lowest BCUT2D eigenvalue weighted by atomic mass is 9.86. The van der Waals surface area contributed by atoms with Crippen LogP contribution in [0.1, 0.15) is 39.0 Å². The lowest BCUT2D eigenvalue weighted by Gasteiger charge is -2.27. The lowest BCUT2D eigenvalue weighted by molar-refractivity contribution is -0.142. The summed E-state index contributed by atoms with van der Waals surface area (Å²) in [7, 11) is 0. The van der Waals surface area contributed by atoms with E-state index in [0.717, 1.165) is 12.8 Å². The second-order valence-corrected chi connectivity index (χ2v) is 4.41. The van der Waals surface area contributed by atoms with E-state index in [1.54, 1.807) is 0 Å². The van der Waals surface area contributed by atoms with E-state index >= 15 is 0 Å². The summed E-state index contributed by atoms with van der Waals surface area (Å²) < 4.78 is 0. The predicted molar refractivity (Wildman–Crippen MR) is 59.8 cm³/mol. The number of carboxylic acids is 1. The normalized spacial score (nSPS) is 27.1. The topological polar surface area (TPSA) is 92.4 Å². The van der Waals surface area contributed by atoms with Crippen molar-refractivity contribution in [3.8, 4) is 0 Å². The Morgan fingerprint density at radius 1 is 1.38 bits per heavy atom. The minimum absolute atomic E-state index is 0.0979. The molecule has 0 radical (unpaired) electrons. The number of carbonyl (C=O) groups excluding carboxylic acids is 1. The molecule has 0 aromatic rings. The zero-order valence-corrected chi connectivity index (χ0v) is 9.61. The van der Waals surface area contributed by atoms with Crippen molar-refractivity contribution >= 4 is 11.9 Å². The Labute approximate surface area is 95.4 Å². The summed E-state index contributed by atoms with van der Waals surface area (Å²) in [5, 5.41) is 11.7. The highest BCUT2D eigenvalue weighted by Gasteiger charge is 2.27. The zero-order valence-electron chi connectivity index (χ0n) is 9.61. The van der Waals surface area contributed by atoms with Crippen LogP contribution in [0.3, 0.4) is 0 Å². The van der Waals surface area contributed by atoms with Gasteiger partial charge in [-0.2, -0.15) is 0 Å². The fourth-order valence-corrected chi connectivity index (χ4v) is 1.98. The minimum atomic E-state index is -0.727. The monoisotopic (exact) mass is 228 g/mol. The van der Waals surface area contributed by atoms with E-state index < -0.39 is 12.0 Å². The van der Waals surface area contributed by atoms with E-state index in [1.807, 2.05) is 6.92 Å². The van der Waals surface area contributed by atoms with E-state index in [0.29, 0.717) is 19.3 Å². The Hall–Kier alpha value is -1.10. The van der Waals surface area contributed by atoms with Gasteiger partial charge in [0.05, 0.1) is 12.0 Å². The molecule has 16 heavy (non-hydrogen) atoms. The van der Waals surface area contributed by atoms with Gasteiger partial charge < -0.3 is 16.2 Å². The Kier molecular flexibility index (Phi) is 4.73. The molecule has 5 heteroatoms. The molecule has 1 aliphatic carbocycles. The SMILES string of the molecule is CC[C@H](N)C(=O)NC1CCC(C(=O)O)CC1. The highest BCUT2D eigenvalue weighted by atomic mass is 16.4. The van der Waals surface area contributed by atoms with Crippen molar-refractivity contribution in [1.82, 2.24) is 5.32 Å². The number of hydrogen-bond donors (Lipinski definition) is 3. The molecule has 0 aromatic heterocycles. The van der Waals surface area contributed by atoms with Crippen molar-refractivity contribution in [2.24, 2.45) is 11.7 Å².